The van der Waals surface area contributed by atoms with E-state index in [1.165, 1.54) is 0 Å². The van der Waals surface area contributed by atoms with Crippen molar-refractivity contribution in [2.24, 2.45) is 0 Å². The monoisotopic (exact) mass is 401 g/mol. The van der Waals surface area contributed by atoms with Gasteiger partial charge in [0.2, 0.25) is 5.91 Å². The lowest BCUT2D eigenvalue weighted by Gasteiger charge is -2.09. The van der Waals surface area contributed by atoms with Crippen LogP contribution in [0.25, 0.3) is 16.7 Å². The van der Waals surface area contributed by atoms with Gasteiger partial charge in [0.25, 0.3) is 0 Å². The van der Waals surface area contributed by atoms with Crippen LogP contribution in [0.5, 0.6) is 0 Å². The Morgan fingerprint density at radius 3 is 2.53 bits per heavy atom. The molecule has 2 aromatic carbocycles. The highest BCUT2D eigenvalue weighted by molar-refractivity contribution is 5.79. The fourth-order valence-electron chi connectivity index (χ4n) is 3.92. The van der Waals surface area contributed by atoms with Crippen molar-refractivity contribution < 1.29 is 4.79 Å². The van der Waals surface area contributed by atoms with Crippen LogP contribution in [0.3, 0.4) is 0 Å². The summed E-state index contributed by atoms with van der Waals surface area (Å²) in [7, 11) is 0. The standard InChI is InChI=1S/C24H27N5O/c1-17-21(18(2)29(27-17)20-10-5-4-6-11-20)16-24(30)25-14-9-15-28-19(3)26-22-12-7-8-13-23(22)28/h4-8,10-13H,9,14-16H2,1-3H3,(H,25,30). The van der Waals surface area contributed by atoms with E-state index in [1.807, 2.05) is 74.0 Å². The molecule has 6 nitrogen and oxygen atoms in total. The van der Waals surface area contributed by atoms with Crippen molar-refractivity contribution in [3.8, 4) is 5.69 Å². The number of fused-ring (bicyclic) bond motifs is 1. The second-order valence-electron chi connectivity index (χ2n) is 7.58. The van der Waals surface area contributed by atoms with E-state index < -0.39 is 0 Å². The fourth-order valence-corrected chi connectivity index (χ4v) is 3.92. The van der Waals surface area contributed by atoms with E-state index in [2.05, 4.69) is 26.0 Å². The summed E-state index contributed by atoms with van der Waals surface area (Å²) in [5.74, 6) is 1.03. The number of para-hydroxylation sites is 3. The summed E-state index contributed by atoms with van der Waals surface area (Å²) in [6, 6.07) is 18.1. The summed E-state index contributed by atoms with van der Waals surface area (Å²) in [5.41, 5.74) is 6.06. The van der Waals surface area contributed by atoms with Crippen LogP contribution in [-0.4, -0.2) is 31.8 Å². The Morgan fingerprint density at radius 2 is 1.73 bits per heavy atom. The van der Waals surface area contributed by atoms with Crippen molar-refractivity contribution in [2.45, 2.75) is 40.2 Å². The number of hydrogen-bond acceptors (Lipinski definition) is 3. The number of benzene rings is 2. The first-order chi connectivity index (χ1) is 14.5. The molecule has 1 N–H and O–H groups in total. The molecule has 154 valence electrons. The number of carbonyl (C=O) groups excluding carboxylic acids is 1. The summed E-state index contributed by atoms with van der Waals surface area (Å²) in [6.07, 6.45) is 1.20. The van der Waals surface area contributed by atoms with E-state index in [9.17, 15) is 4.79 Å². The summed E-state index contributed by atoms with van der Waals surface area (Å²) in [4.78, 5) is 17.1. The lowest BCUT2D eigenvalue weighted by molar-refractivity contribution is -0.120. The van der Waals surface area contributed by atoms with Gasteiger partial charge < -0.3 is 9.88 Å². The van der Waals surface area contributed by atoms with Crippen molar-refractivity contribution in [3.05, 3.63) is 77.4 Å². The van der Waals surface area contributed by atoms with E-state index in [-0.39, 0.29) is 5.91 Å². The van der Waals surface area contributed by atoms with E-state index >= 15 is 0 Å². The molecule has 0 saturated heterocycles. The van der Waals surface area contributed by atoms with Gasteiger partial charge in [-0.15, -0.1) is 0 Å². The molecule has 0 aliphatic rings. The lowest BCUT2D eigenvalue weighted by atomic mass is 10.1. The highest BCUT2D eigenvalue weighted by Crippen LogP contribution is 2.18. The van der Waals surface area contributed by atoms with Crippen molar-refractivity contribution >= 4 is 16.9 Å². The van der Waals surface area contributed by atoms with Gasteiger partial charge in [-0.05, 0) is 51.5 Å². The van der Waals surface area contributed by atoms with Crippen LogP contribution in [-0.2, 0) is 17.8 Å². The third kappa shape index (κ3) is 3.99. The van der Waals surface area contributed by atoms with Gasteiger partial charge in [-0.1, -0.05) is 30.3 Å². The minimum absolute atomic E-state index is 0.0287. The van der Waals surface area contributed by atoms with Gasteiger partial charge >= 0.3 is 0 Å². The van der Waals surface area contributed by atoms with Gasteiger partial charge in [0.15, 0.2) is 0 Å². The number of rotatable bonds is 7. The van der Waals surface area contributed by atoms with Crippen LogP contribution in [0.15, 0.2) is 54.6 Å². The molecule has 30 heavy (non-hydrogen) atoms. The molecule has 6 heteroatoms. The van der Waals surface area contributed by atoms with Crippen LogP contribution < -0.4 is 5.32 Å². The first-order valence-electron chi connectivity index (χ1n) is 10.3. The molecule has 4 rings (SSSR count). The molecule has 4 aromatic rings. The average molecular weight is 402 g/mol. The van der Waals surface area contributed by atoms with Gasteiger partial charge in [-0.3, -0.25) is 4.79 Å². The zero-order valence-corrected chi connectivity index (χ0v) is 17.7. The van der Waals surface area contributed by atoms with E-state index in [0.29, 0.717) is 13.0 Å². The first kappa shape index (κ1) is 19.9. The number of aromatic nitrogens is 4. The van der Waals surface area contributed by atoms with Crippen LogP contribution >= 0.6 is 0 Å². The Bertz CT molecular complexity index is 1170. The van der Waals surface area contributed by atoms with Gasteiger partial charge in [-0.25, -0.2) is 9.67 Å². The number of aryl methyl sites for hydroxylation is 3. The topological polar surface area (TPSA) is 64.7 Å². The predicted octanol–water partition coefficient (Wildman–Crippen LogP) is 3.90. The third-order valence-electron chi connectivity index (χ3n) is 5.51. The number of nitrogens with one attached hydrogen (secondary N) is 1. The van der Waals surface area contributed by atoms with Crippen molar-refractivity contribution in [3.63, 3.8) is 0 Å². The number of carbonyl (C=O) groups is 1. The summed E-state index contributed by atoms with van der Waals surface area (Å²) in [6.45, 7) is 7.46. The molecule has 0 unspecified atom stereocenters. The molecular formula is C24H27N5O. The molecule has 0 aliphatic carbocycles. The predicted molar refractivity (Wildman–Crippen MR) is 119 cm³/mol. The zero-order chi connectivity index (χ0) is 21.1. The molecule has 0 bridgehead atoms. The third-order valence-corrected chi connectivity index (χ3v) is 5.51. The van der Waals surface area contributed by atoms with Crippen molar-refractivity contribution in [1.82, 2.24) is 24.6 Å². The lowest BCUT2D eigenvalue weighted by Crippen LogP contribution is -2.27. The van der Waals surface area contributed by atoms with E-state index in [4.69, 9.17) is 0 Å². The Hall–Kier alpha value is -3.41. The molecule has 0 saturated carbocycles. The summed E-state index contributed by atoms with van der Waals surface area (Å²) in [5, 5.41) is 7.68. The molecular weight excluding hydrogens is 374 g/mol. The van der Waals surface area contributed by atoms with Crippen LogP contribution in [0.2, 0.25) is 0 Å². The highest BCUT2D eigenvalue weighted by atomic mass is 16.1. The first-order valence-corrected chi connectivity index (χ1v) is 10.3. The van der Waals surface area contributed by atoms with Crippen molar-refractivity contribution in [2.75, 3.05) is 6.54 Å². The zero-order valence-electron chi connectivity index (χ0n) is 17.7. The van der Waals surface area contributed by atoms with Crippen LogP contribution in [0.1, 0.15) is 29.2 Å². The Balaban J connectivity index is 1.34. The summed E-state index contributed by atoms with van der Waals surface area (Å²) < 4.78 is 4.12. The maximum atomic E-state index is 12.5. The number of nitrogens with zero attached hydrogens (tertiary/aromatic N) is 4. The maximum absolute atomic E-state index is 12.5. The molecule has 0 spiro atoms. The van der Waals surface area contributed by atoms with E-state index in [1.54, 1.807) is 0 Å². The Morgan fingerprint density at radius 1 is 1.00 bits per heavy atom. The average Bonchev–Trinajstić information content (AvgIpc) is 3.22. The molecule has 0 radical (unpaired) electrons. The molecule has 0 aliphatic heterocycles. The van der Waals surface area contributed by atoms with Crippen molar-refractivity contribution in [1.29, 1.82) is 0 Å². The molecule has 2 aromatic heterocycles. The largest absolute Gasteiger partial charge is 0.356 e. The normalized spacial score (nSPS) is 11.2. The van der Waals surface area contributed by atoms with Crippen LogP contribution in [0.4, 0.5) is 0 Å². The maximum Gasteiger partial charge on any atom is 0.224 e. The molecule has 1 amide bonds. The van der Waals surface area contributed by atoms with Gasteiger partial charge in [-0.2, -0.15) is 5.10 Å². The smallest absolute Gasteiger partial charge is 0.224 e. The van der Waals surface area contributed by atoms with Gasteiger partial charge in [0.1, 0.15) is 5.82 Å². The molecule has 2 heterocycles. The van der Waals surface area contributed by atoms with Crippen LogP contribution in [0, 0.1) is 20.8 Å². The van der Waals surface area contributed by atoms with Gasteiger partial charge in [0, 0.05) is 24.3 Å². The Labute approximate surface area is 176 Å². The minimum Gasteiger partial charge on any atom is -0.356 e. The molecule has 0 atom stereocenters. The second-order valence-corrected chi connectivity index (χ2v) is 7.58. The molecule has 0 fully saturated rings. The SMILES string of the molecule is Cc1nn(-c2ccccc2)c(C)c1CC(=O)NCCCn1c(C)nc2ccccc21. The summed E-state index contributed by atoms with van der Waals surface area (Å²) >= 11 is 0. The number of imidazole rings is 1. The quantitative estimate of drug-likeness (QED) is 0.478. The second kappa shape index (κ2) is 8.53. The minimum atomic E-state index is 0.0287. The highest BCUT2D eigenvalue weighted by Gasteiger charge is 2.15. The Kier molecular flexibility index (Phi) is 5.65. The van der Waals surface area contributed by atoms with E-state index in [0.717, 1.165) is 52.5 Å². The number of amides is 1. The van der Waals surface area contributed by atoms with Gasteiger partial charge in [0.05, 0.1) is 28.8 Å². The number of hydrogen-bond donors (Lipinski definition) is 1. The fraction of sp³-hybridized carbons (Fsp3) is 0.292.